The third kappa shape index (κ3) is 5.84. The van der Waals surface area contributed by atoms with Crippen molar-refractivity contribution in [2.45, 2.75) is 6.92 Å². The molecule has 26 heavy (non-hydrogen) atoms. The molecule has 2 aromatic rings. The number of nitro benzene ring substituents is 1. The van der Waals surface area contributed by atoms with Crippen LogP contribution in [0.25, 0.3) is 5.76 Å². The van der Waals surface area contributed by atoms with Gasteiger partial charge in [-0.25, -0.2) is 12.1 Å². The molecule has 0 unspecified atom stereocenters. The molecule has 0 saturated carbocycles. The number of aliphatic hydroxyl groups excluding tert-OH is 1. The van der Waals surface area contributed by atoms with Gasteiger partial charge in [-0.15, -0.1) is 0 Å². The maximum absolute atomic E-state index is 11.9. The second-order valence-electron chi connectivity index (χ2n) is 5.32. The maximum Gasteiger partial charge on any atom is 2.00 e. The summed E-state index contributed by atoms with van der Waals surface area (Å²) in [7, 11) is 0. The van der Waals surface area contributed by atoms with Gasteiger partial charge in [0, 0.05) is 11.6 Å². The molecule has 2 aromatic carbocycles. The first-order valence-corrected chi connectivity index (χ1v) is 7.58. The van der Waals surface area contributed by atoms with Gasteiger partial charge in [0.2, 0.25) is 0 Å². The van der Waals surface area contributed by atoms with Crippen molar-refractivity contribution < 1.29 is 32.2 Å². The van der Waals surface area contributed by atoms with Gasteiger partial charge < -0.3 is 10.2 Å². The van der Waals surface area contributed by atoms with Crippen LogP contribution in [-0.2, 0) is 17.1 Å². The van der Waals surface area contributed by atoms with E-state index in [-0.39, 0.29) is 28.4 Å². The van der Waals surface area contributed by atoms with Crippen molar-refractivity contribution in [2.24, 2.45) is 0 Å². The first-order valence-electron chi connectivity index (χ1n) is 7.58. The molecule has 6 heteroatoms. The van der Waals surface area contributed by atoms with E-state index in [1.807, 2.05) is 54.6 Å². The molecule has 0 aromatic heterocycles. The monoisotopic (exact) mass is 391 g/mol. The number of hydrogen-bond acceptors (Lipinski definition) is 4. The Bertz CT molecular complexity index is 831. The Hall–Kier alpha value is -2.95. The SMILES string of the molecule is Cc1cc(C(O)=CC=C2C=CC=C2)c([O-])c([N+](=O)[O-])c1.[Fe+2].c1cc[cH-]c1. The van der Waals surface area contributed by atoms with Crippen LogP contribution < -0.4 is 5.11 Å². The Morgan fingerprint density at radius 1 is 1.19 bits per heavy atom. The van der Waals surface area contributed by atoms with Gasteiger partial charge in [-0.05, 0) is 36.0 Å². The van der Waals surface area contributed by atoms with Crippen LogP contribution in [-0.4, -0.2) is 10.0 Å². The van der Waals surface area contributed by atoms with Crippen molar-refractivity contribution in [3.05, 3.63) is 106 Å². The van der Waals surface area contributed by atoms with Crippen molar-refractivity contribution >= 4 is 11.4 Å². The van der Waals surface area contributed by atoms with Crippen molar-refractivity contribution in [2.75, 3.05) is 0 Å². The molecule has 0 heterocycles. The summed E-state index contributed by atoms with van der Waals surface area (Å²) in [5.41, 5.74) is 0.804. The van der Waals surface area contributed by atoms with E-state index in [0.717, 1.165) is 5.57 Å². The Labute approximate surface area is 162 Å². The van der Waals surface area contributed by atoms with Crippen LogP contribution in [0, 0.1) is 17.0 Å². The average molecular weight is 391 g/mol. The Kier molecular flexibility index (Phi) is 8.22. The van der Waals surface area contributed by atoms with Crippen molar-refractivity contribution in [1.82, 2.24) is 0 Å². The fourth-order valence-corrected chi connectivity index (χ4v) is 2.17. The van der Waals surface area contributed by atoms with E-state index >= 15 is 0 Å². The first-order chi connectivity index (χ1) is 12.0. The van der Waals surface area contributed by atoms with Crippen LogP contribution in [0.4, 0.5) is 5.69 Å². The topological polar surface area (TPSA) is 86.4 Å². The van der Waals surface area contributed by atoms with E-state index in [0.29, 0.717) is 5.56 Å². The van der Waals surface area contributed by atoms with Crippen LogP contribution in [0.2, 0.25) is 0 Å². The number of aliphatic hydroxyl groups is 1. The van der Waals surface area contributed by atoms with E-state index in [1.165, 1.54) is 18.2 Å². The number of nitrogens with zero attached hydrogens (tertiary/aromatic N) is 1. The van der Waals surface area contributed by atoms with E-state index in [4.69, 9.17) is 0 Å². The van der Waals surface area contributed by atoms with Crippen LogP contribution in [0.3, 0.4) is 0 Å². The standard InChI is InChI=1S/C15H13NO4.C5H5.Fe/c1-10-8-12(15(18)13(9-10)16(19)20)14(17)7-6-11-4-2-3-5-11;1-2-4-5-3-1;/h2-9,17-18H,1H3;1-5H;/q;-1;+2/p-1. The fraction of sp³-hybridized carbons (Fsp3) is 0.0500. The third-order valence-corrected chi connectivity index (χ3v) is 3.36. The largest absolute Gasteiger partial charge is 2.00 e. The van der Waals surface area contributed by atoms with Gasteiger partial charge in [0.25, 0.3) is 5.69 Å². The molecular weight excluding hydrogens is 374 g/mol. The zero-order valence-corrected chi connectivity index (χ0v) is 15.1. The molecule has 3 rings (SSSR count). The average Bonchev–Trinajstić information content (AvgIpc) is 3.30. The number of rotatable bonds is 3. The molecular formula is C20H17FeNO4. The van der Waals surface area contributed by atoms with Gasteiger partial charge in [0.1, 0.15) is 5.76 Å². The summed E-state index contributed by atoms with van der Waals surface area (Å²) in [6.07, 6.45) is 10.3. The molecule has 134 valence electrons. The Balaban J connectivity index is 0.000000486. The Morgan fingerprint density at radius 3 is 2.31 bits per heavy atom. The molecule has 1 aliphatic carbocycles. The van der Waals surface area contributed by atoms with E-state index in [1.54, 1.807) is 13.0 Å². The molecule has 1 N–H and O–H groups in total. The Morgan fingerprint density at radius 2 is 1.81 bits per heavy atom. The minimum atomic E-state index is -0.787. The summed E-state index contributed by atoms with van der Waals surface area (Å²) in [5.74, 6) is -1.08. The molecule has 0 amide bonds. The quantitative estimate of drug-likeness (QED) is 0.277. The van der Waals surface area contributed by atoms with E-state index < -0.39 is 16.4 Å². The minimum absolute atomic E-state index is 0. The zero-order valence-electron chi connectivity index (χ0n) is 14.0. The van der Waals surface area contributed by atoms with Gasteiger partial charge in [-0.2, -0.15) is 18.2 Å². The second-order valence-corrected chi connectivity index (χ2v) is 5.32. The molecule has 0 radical (unpaired) electrons. The minimum Gasteiger partial charge on any atom is -0.867 e. The van der Waals surface area contributed by atoms with Crippen LogP contribution in [0.15, 0.2) is 84.5 Å². The molecule has 0 spiro atoms. The van der Waals surface area contributed by atoms with Crippen molar-refractivity contribution in [3.63, 3.8) is 0 Å². The number of allylic oxidation sites excluding steroid dienone is 7. The molecule has 0 fully saturated rings. The summed E-state index contributed by atoms with van der Waals surface area (Å²) in [6, 6.07) is 12.6. The molecule has 1 aliphatic rings. The van der Waals surface area contributed by atoms with Crippen LogP contribution in [0.1, 0.15) is 11.1 Å². The molecule has 0 aliphatic heterocycles. The molecule has 5 nitrogen and oxygen atoms in total. The predicted molar refractivity (Wildman–Crippen MR) is 96.3 cm³/mol. The second kappa shape index (κ2) is 10.1. The number of hydrogen-bond donors (Lipinski definition) is 1. The number of nitro groups is 1. The molecule has 0 atom stereocenters. The van der Waals surface area contributed by atoms with Crippen LogP contribution in [0.5, 0.6) is 5.75 Å². The van der Waals surface area contributed by atoms with Gasteiger partial charge in [0.05, 0.1) is 4.92 Å². The van der Waals surface area contributed by atoms with Gasteiger partial charge in [0.15, 0.2) is 0 Å². The molecule has 0 bridgehead atoms. The summed E-state index contributed by atoms with van der Waals surface area (Å²) >= 11 is 0. The summed E-state index contributed by atoms with van der Waals surface area (Å²) < 4.78 is 0. The van der Waals surface area contributed by atoms with E-state index in [2.05, 4.69) is 0 Å². The van der Waals surface area contributed by atoms with E-state index in [9.17, 15) is 20.3 Å². The normalized spacial score (nSPS) is 12.2. The smallest absolute Gasteiger partial charge is 0.867 e. The third-order valence-electron chi connectivity index (χ3n) is 3.36. The molecule has 0 saturated heterocycles. The predicted octanol–water partition coefficient (Wildman–Crippen LogP) is 4.33. The number of benzene rings is 1. The maximum atomic E-state index is 11.9. The summed E-state index contributed by atoms with van der Waals surface area (Å²) in [4.78, 5) is 10.0. The number of aryl methyl sites for hydroxylation is 1. The van der Waals surface area contributed by atoms with Crippen molar-refractivity contribution in [1.29, 1.82) is 0 Å². The van der Waals surface area contributed by atoms with Crippen LogP contribution >= 0.6 is 0 Å². The fourth-order valence-electron chi connectivity index (χ4n) is 2.17. The van der Waals surface area contributed by atoms with Gasteiger partial charge >= 0.3 is 17.1 Å². The summed E-state index contributed by atoms with van der Waals surface area (Å²) in [5, 5.41) is 32.6. The van der Waals surface area contributed by atoms with Gasteiger partial charge in [-0.1, -0.05) is 30.4 Å². The summed E-state index contributed by atoms with van der Waals surface area (Å²) in [6.45, 7) is 1.63. The van der Waals surface area contributed by atoms with Gasteiger partial charge in [-0.3, -0.25) is 10.1 Å². The zero-order chi connectivity index (χ0) is 18.2. The van der Waals surface area contributed by atoms with Crippen molar-refractivity contribution in [3.8, 4) is 5.75 Å². The first kappa shape index (κ1) is 21.1.